The van der Waals surface area contributed by atoms with E-state index >= 15 is 0 Å². The molecular weight excluding hydrogens is 308 g/mol. The maximum Gasteiger partial charge on any atom is 0.155 e. The number of hydrogen-bond acceptors (Lipinski definition) is 4. The molecule has 3 heterocycles. The van der Waals surface area contributed by atoms with Gasteiger partial charge in [-0.3, -0.25) is 4.68 Å². The Bertz CT molecular complexity index is 951. The van der Waals surface area contributed by atoms with Crippen LogP contribution in [0.2, 0.25) is 0 Å². The molecule has 0 radical (unpaired) electrons. The Morgan fingerprint density at radius 1 is 1.22 bits per heavy atom. The van der Waals surface area contributed by atoms with Crippen LogP contribution in [0, 0.1) is 6.92 Å². The van der Waals surface area contributed by atoms with Crippen molar-refractivity contribution in [2.24, 2.45) is 0 Å². The predicted molar refractivity (Wildman–Crippen MR) is 91.5 cm³/mol. The number of benzene rings is 1. The normalized spacial score (nSPS) is 11.4. The Kier molecular flexibility index (Phi) is 3.52. The molecule has 5 heteroatoms. The predicted octanol–water partition coefficient (Wildman–Crippen LogP) is 4.21. The van der Waals surface area contributed by atoms with E-state index in [-0.39, 0.29) is 6.61 Å². The molecule has 0 saturated carbocycles. The molecule has 23 heavy (non-hydrogen) atoms. The highest BCUT2D eigenvalue weighted by atomic mass is 32.1. The molecular formula is C18H16N2O2S. The number of thiophene rings is 1. The summed E-state index contributed by atoms with van der Waals surface area (Å²) in [7, 11) is 0. The van der Waals surface area contributed by atoms with E-state index in [0.717, 1.165) is 23.1 Å². The monoisotopic (exact) mass is 324 g/mol. The number of aliphatic hydroxyl groups is 1. The van der Waals surface area contributed by atoms with Crippen molar-refractivity contribution in [3.63, 3.8) is 0 Å². The lowest BCUT2D eigenvalue weighted by Crippen LogP contribution is -2.00. The van der Waals surface area contributed by atoms with E-state index in [4.69, 9.17) is 9.52 Å². The van der Waals surface area contributed by atoms with E-state index in [9.17, 15) is 5.11 Å². The van der Waals surface area contributed by atoms with Crippen molar-refractivity contribution in [2.45, 2.75) is 20.1 Å². The Morgan fingerprint density at radius 3 is 2.87 bits per heavy atom. The third-order valence-electron chi connectivity index (χ3n) is 3.84. The Hall–Kier alpha value is -2.37. The molecule has 0 amide bonds. The number of aliphatic hydroxyl groups excluding tert-OH is 1. The van der Waals surface area contributed by atoms with Crippen LogP contribution in [-0.4, -0.2) is 14.9 Å². The summed E-state index contributed by atoms with van der Waals surface area (Å²) in [5.41, 5.74) is 3.11. The molecule has 0 unspecified atom stereocenters. The highest BCUT2D eigenvalue weighted by Gasteiger charge is 2.16. The molecule has 4 nitrogen and oxygen atoms in total. The van der Waals surface area contributed by atoms with E-state index in [0.29, 0.717) is 11.5 Å². The van der Waals surface area contributed by atoms with Crippen LogP contribution in [-0.2, 0) is 13.2 Å². The highest BCUT2D eigenvalue weighted by Crippen LogP contribution is 2.30. The van der Waals surface area contributed by atoms with Gasteiger partial charge in [0.05, 0.1) is 12.1 Å². The van der Waals surface area contributed by atoms with E-state index in [1.807, 2.05) is 10.7 Å². The van der Waals surface area contributed by atoms with Crippen molar-refractivity contribution in [1.82, 2.24) is 9.78 Å². The van der Waals surface area contributed by atoms with Crippen LogP contribution in [0.15, 0.2) is 52.3 Å². The third kappa shape index (κ3) is 2.58. The maximum atomic E-state index is 9.21. The van der Waals surface area contributed by atoms with Crippen molar-refractivity contribution >= 4 is 22.2 Å². The van der Waals surface area contributed by atoms with Gasteiger partial charge in [0.2, 0.25) is 0 Å². The van der Waals surface area contributed by atoms with Gasteiger partial charge in [-0.25, -0.2) is 0 Å². The van der Waals surface area contributed by atoms with Gasteiger partial charge in [0, 0.05) is 10.3 Å². The van der Waals surface area contributed by atoms with Crippen molar-refractivity contribution < 1.29 is 9.52 Å². The second kappa shape index (κ2) is 5.68. The number of furan rings is 1. The van der Waals surface area contributed by atoms with Gasteiger partial charge in [0.1, 0.15) is 18.1 Å². The second-order valence-electron chi connectivity index (χ2n) is 5.53. The fourth-order valence-electron chi connectivity index (χ4n) is 2.73. The first-order chi connectivity index (χ1) is 11.2. The van der Waals surface area contributed by atoms with Crippen molar-refractivity contribution in [2.75, 3.05) is 0 Å². The summed E-state index contributed by atoms with van der Waals surface area (Å²) in [5.74, 6) is 1.24. The molecule has 0 saturated heterocycles. The van der Waals surface area contributed by atoms with E-state index in [1.54, 1.807) is 17.4 Å². The van der Waals surface area contributed by atoms with Gasteiger partial charge in [-0.05, 0) is 42.1 Å². The smallest absolute Gasteiger partial charge is 0.155 e. The Morgan fingerprint density at radius 2 is 2.13 bits per heavy atom. The molecule has 0 fully saturated rings. The second-order valence-corrected chi connectivity index (χ2v) is 6.56. The zero-order chi connectivity index (χ0) is 15.8. The summed E-state index contributed by atoms with van der Waals surface area (Å²) >= 11 is 1.73. The summed E-state index contributed by atoms with van der Waals surface area (Å²) < 4.78 is 7.70. The molecule has 0 aliphatic heterocycles. The summed E-state index contributed by atoms with van der Waals surface area (Å²) in [5, 5.41) is 17.1. The molecule has 0 aliphatic carbocycles. The molecule has 0 spiro atoms. The van der Waals surface area contributed by atoms with Gasteiger partial charge >= 0.3 is 0 Å². The lowest BCUT2D eigenvalue weighted by atomic mass is 10.1. The first kappa shape index (κ1) is 14.2. The van der Waals surface area contributed by atoms with Crippen LogP contribution in [0.5, 0.6) is 0 Å². The first-order valence-corrected chi connectivity index (χ1v) is 8.32. The minimum atomic E-state index is -0.104. The summed E-state index contributed by atoms with van der Waals surface area (Å²) in [6.45, 7) is 2.72. The van der Waals surface area contributed by atoms with E-state index in [1.165, 1.54) is 10.4 Å². The van der Waals surface area contributed by atoms with Crippen LogP contribution in [0.3, 0.4) is 0 Å². The van der Waals surface area contributed by atoms with Crippen LogP contribution >= 0.6 is 11.3 Å². The lowest BCUT2D eigenvalue weighted by molar-refractivity contribution is 0.248. The molecule has 3 aromatic heterocycles. The molecule has 0 atom stereocenters. The third-order valence-corrected chi connectivity index (χ3v) is 4.70. The fraction of sp³-hybridized carbons (Fsp3) is 0.167. The molecule has 0 bridgehead atoms. The molecule has 1 aromatic carbocycles. The first-order valence-electron chi connectivity index (χ1n) is 7.44. The van der Waals surface area contributed by atoms with Crippen LogP contribution in [0.4, 0.5) is 0 Å². The van der Waals surface area contributed by atoms with Crippen LogP contribution < -0.4 is 0 Å². The Balaban J connectivity index is 1.87. The quantitative estimate of drug-likeness (QED) is 0.612. The number of hydrogen-bond donors (Lipinski definition) is 1. The summed E-state index contributed by atoms with van der Waals surface area (Å²) in [6, 6.07) is 14.1. The van der Waals surface area contributed by atoms with Gasteiger partial charge < -0.3 is 9.52 Å². The maximum absolute atomic E-state index is 9.21. The fourth-order valence-corrected chi connectivity index (χ4v) is 3.41. The largest absolute Gasteiger partial charge is 0.457 e. The van der Waals surface area contributed by atoms with Gasteiger partial charge in [0.25, 0.3) is 0 Å². The standard InChI is InChI=1S/C18H16N2O2S/c1-12-4-6-15-16(9-12)20(10-14-3-2-8-23-14)19-18(15)17-7-5-13(11-21)22-17/h2-9,21H,10-11H2,1H3. The van der Waals surface area contributed by atoms with Crippen molar-refractivity contribution in [3.05, 3.63) is 64.0 Å². The number of nitrogens with zero attached hydrogens (tertiary/aromatic N) is 2. The zero-order valence-electron chi connectivity index (χ0n) is 12.7. The SMILES string of the molecule is Cc1ccc2c(-c3ccc(CO)o3)nn(Cc3cccs3)c2c1. The van der Waals surface area contributed by atoms with Gasteiger partial charge in [0.15, 0.2) is 5.76 Å². The van der Waals surface area contributed by atoms with E-state index < -0.39 is 0 Å². The molecule has 4 aromatic rings. The van der Waals surface area contributed by atoms with Gasteiger partial charge in [-0.2, -0.15) is 5.10 Å². The zero-order valence-corrected chi connectivity index (χ0v) is 13.5. The summed E-state index contributed by atoms with van der Waals surface area (Å²) in [6.07, 6.45) is 0. The van der Waals surface area contributed by atoms with Crippen LogP contribution in [0.1, 0.15) is 16.2 Å². The minimum absolute atomic E-state index is 0.104. The molecule has 116 valence electrons. The van der Waals surface area contributed by atoms with Gasteiger partial charge in [-0.15, -0.1) is 11.3 Å². The van der Waals surface area contributed by atoms with Crippen LogP contribution in [0.25, 0.3) is 22.4 Å². The van der Waals surface area contributed by atoms with Crippen molar-refractivity contribution in [3.8, 4) is 11.5 Å². The average molecular weight is 324 g/mol. The number of aromatic nitrogens is 2. The van der Waals surface area contributed by atoms with Crippen molar-refractivity contribution in [1.29, 1.82) is 0 Å². The van der Waals surface area contributed by atoms with Gasteiger partial charge in [-0.1, -0.05) is 18.2 Å². The number of rotatable bonds is 4. The molecule has 4 rings (SSSR count). The number of fused-ring (bicyclic) bond motifs is 1. The minimum Gasteiger partial charge on any atom is -0.457 e. The lowest BCUT2D eigenvalue weighted by Gasteiger charge is -2.01. The highest BCUT2D eigenvalue weighted by molar-refractivity contribution is 7.09. The van der Waals surface area contributed by atoms with E-state index in [2.05, 4.69) is 42.6 Å². The molecule has 0 aliphatic rings. The average Bonchev–Trinajstić information content (AvgIpc) is 3.28. The Labute approximate surface area is 137 Å². The summed E-state index contributed by atoms with van der Waals surface area (Å²) in [4.78, 5) is 1.26. The molecule has 1 N–H and O–H groups in total. The topological polar surface area (TPSA) is 51.2 Å². The number of aryl methyl sites for hydroxylation is 1.